The van der Waals surface area contributed by atoms with Crippen molar-refractivity contribution in [2.24, 2.45) is 7.05 Å². The first-order valence-electron chi connectivity index (χ1n) is 7.11. The molecule has 5 heteroatoms. The van der Waals surface area contributed by atoms with Crippen molar-refractivity contribution in [2.75, 3.05) is 13.1 Å². The minimum Gasteiger partial charge on any atom is -0.480 e. The topological polar surface area (TPSA) is 58.4 Å². The van der Waals surface area contributed by atoms with Crippen molar-refractivity contribution < 1.29 is 9.90 Å². The summed E-state index contributed by atoms with van der Waals surface area (Å²) >= 11 is 0. The Bertz CT molecular complexity index is 417. The van der Waals surface area contributed by atoms with E-state index in [9.17, 15) is 9.90 Å². The monoisotopic (exact) mass is 265 g/mol. The van der Waals surface area contributed by atoms with E-state index in [0.29, 0.717) is 0 Å². The van der Waals surface area contributed by atoms with Gasteiger partial charge in [-0.15, -0.1) is 0 Å². The first kappa shape index (κ1) is 14.1. The maximum absolute atomic E-state index is 11.4. The van der Waals surface area contributed by atoms with Crippen LogP contribution in [0, 0.1) is 0 Å². The van der Waals surface area contributed by atoms with Gasteiger partial charge in [0, 0.05) is 19.8 Å². The number of hydrogen-bond donors (Lipinski definition) is 1. The molecule has 0 amide bonds. The van der Waals surface area contributed by atoms with Crippen molar-refractivity contribution in [1.82, 2.24) is 14.7 Å². The van der Waals surface area contributed by atoms with Crippen LogP contribution >= 0.6 is 0 Å². The maximum Gasteiger partial charge on any atom is 0.320 e. The molecule has 0 radical (unpaired) electrons. The Labute approximate surface area is 114 Å². The number of rotatable bonds is 4. The van der Waals surface area contributed by atoms with Gasteiger partial charge in [-0.05, 0) is 31.4 Å². The van der Waals surface area contributed by atoms with Gasteiger partial charge in [-0.3, -0.25) is 14.4 Å². The first-order valence-corrected chi connectivity index (χ1v) is 7.11. The summed E-state index contributed by atoms with van der Waals surface area (Å²) in [4.78, 5) is 13.5. The largest absolute Gasteiger partial charge is 0.480 e. The summed E-state index contributed by atoms with van der Waals surface area (Å²) in [7, 11) is 1.90. The second-order valence-electron chi connectivity index (χ2n) is 5.37. The third-order valence-corrected chi connectivity index (χ3v) is 3.84. The zero-order valence-electron chi connectivity index (χ0n) is 11.6. The zero-order valence-corrected chi connectivity index (χ0v) is 11.6. The van der Waals surface area contributed by atoms with Crippen molar-refractivity contribution in [1.29, 1.82) is 0 Å². The Hall–Kier alpha value is -1.36. The van der Waals surface area contributed by atoms with E-state index in [1.807, 2.05) is 19.4 Å². The summed E-state index contributed by atoms with van der Waals surface area (Å²) in [5.41, 5.74) is 1.17. The average Bonchev–Trinajstić information content (AvgIpc) is 2.73. The second-order valence-corrected chi connectivity index (χ2v) is 5.37. The molecule has 1 aliphatic heterocycles. The van der Waals surface area contributed by atoms with E-state index >= 15 is 0 Å². The van der Waals surface area contributed by atoms with Gasteiger partial charge < -0.3 is 5.11 Å². The number of aliphatic carboxylic acids is 1. The van der Waals surface area contributed by atoms with Gasteiger partial charge in [0.2, 0.25) is 0 Å². The molecule has 0 aromatic carbocycles. The van der Waals surface area contributed by atoms with Gasteiger partial charge in [0.15, 0.2) is 0 Å². The highest BCUT2D eigenvalue weighted by Crippen LogP contribution is 2.17. The van der Waals surface area contributed by atoms with Crippen LogP contribution in [0.25, 0.3) is 0 Å². The van der Waals surface area contributed by atoms with Crippen LogP contribution in [0.4, 0.5) is 0 Å². The molecule has 0 saturated carbocycles. The molecule has 1 atom stereocenters. The number of hydrogen-bond acceptors (Lipinski definition) is 3. The maximum atomic E-state index is 11.4. The number of aryl methyl sites for hydroxylation is 1. The van der Waals surface area contributed by atoms with Gasteiger partial charge in [-0.25, -0.2) is 0 Å². The number of aromatic nitrogens is 2. The Morgan fingerprint density at radius 1 is 1.42 bits per heavy atom. The van der Waals surface area contributed by atoms with Crippen LogP contribution in [-0.4, -0.2) is 44.9 Å². The van der Waals surface area contributed by atoms with Crippen molar-refractivity contribution in [3.8, 4) is 0 Å². The zero-order chi connectivity index (χ0) is 13.7. The van der Waals surface area contributed by atoms with E-state index in [-0.39, 0.29) is 6.04 Å². The van der Waals surface area contributed by atoms with E-state index in [1.165, 1.54) is 18.4 Å². The number of carbonyl (C=O) groups is 1. The molecule has 1 aliphatic rings. The molecular formula is C14H23N3O2. The predicted octanol–water partition coefficient (Wildman–Crippen LogP) is 1.68. The number of nitrogens with zero attached hydrogens (tertiary/aromatic N) is 3. The lowest BCUT2D eigenvalue weighted by atomic mass is 10.0. The Balaban J connectivity index is 1.94. The lowest BCUT2D eigenvalue weighted by Crippen LogP contribution is -2.43. The van der Waals surface area contributed by atoms with E-state index < -0.39 is 5.97 Å². The fourth-order valence-electron chi connectivity index (χ4n) is 2.77. The number of carboxylic acid groups (broad SMARTS) is 1. The number of carboxylic acids is 1. The number of likely N-dealkylation sites (tertiary alicyclic amines) is 1. The van der Waals surface area contributed by atoms with Crippen molar-refractivity contribution in [2.45, 2.75) is 44.6 Å². The summed E-state index contributed by atoms with van der Waals surface area (Å²) in [5, 5.41) is 13.5. The minimum absolute atomic E-state index is 0.308. The third kappa shape index (κ3) is 4.06. The van der Waals surface area contributed by atoms with Crippen molar-refractivity contribution in [3.05, 3.63) is 18.0 Å². The molecule has 1 saturated heterocycles. The molecule has 19 heavy (non-hydrogen) atoms. The normalized spacial score (nSPS) is 21.8. The fourth-order valence-corrected chi connectivity index (χ4v) is 2.77. The van der Waals surface area contributed by atoms with Crippen LogP contribution in [0.3, 0.4) is 0 Å². The van der Waals surface area contributed by atoms with Gasteiger partial charge in [0.1, 0.15) is 6.04 Å². The van der Waals surface area contributed by atoms with E-state index in [4.69, 9.17) is 0 Å². The molecule has 2 heterocycles. The van der Waals surface area contributed by atoms with Crippen LogP contribution in [0.15, 0.2) is 12.4 Å². The second kappa shape index (κ2) is 6.70. The molecule has 1 aromatic heterocycles. The average molecular weight is 265 g/mol. The molecule has 0 bridgehead atoms. The molecule has 106 valence electrons. The summed E-state index contributed by atoms with van der Waals surface area (Å²) in [6.45, 7) is 1.71. The highest BCUT2D eigenvalue weighted by Gasteiger charge is 2.25. The molecule has 1 fully saturated rings. The van der Waals surface area contributed by atoms with Gasteiger partial charge >= 0.3 is 5.97 Å². The van der Waals surface area contributed by atoms with E-state index in [0.717, 1.165) is 38.8 Å². The van der Waals surface area contributed by atoms with Crippen LogP contribution in [0.5, 0.6) is 0 Å². The van der Waals surface area contributed by atoms with Crippen molar-refractivity contribution in [3.63, 3.8) is 0 Å². The summed E-state index contributed by atoms with van der Waals surface area (Å²) in [6, 6.07) is -0.308. The fraction of sp³-hybridized carbons (Fsp3) is 0.714. The molecule has 5 nitrogen and oxygen atoms in total. The first-order chi connectivity index (χ1) is 9.16. The van der Waals surface area contributed by atoms with Gasteiger partial charge in [-0.2, -0.15) is 5.10 Å². The van der Waals surface area contributed by atoms with E-state index in [2.05, 4.69) is 10.00 Å². The van der Waals surface area contributed by atoms with Crippen LogP contribution < -0.4 is 0 Å². The standard InChI is InChI=1S/C14H23N3O2/c1-16-11-12(10-15-16)7-9-17-8-5-3-2-4-6-13(17)14(18)19/h10-11,13H,2-9H2,1H3,(H,18,19). The SMILES string of the molecule is Cn1cc(CCN2CCCCCCC2C(=O)O)cn1. The highest BCUT2D eigenvalue weighted by molar-refractivity contribution is 5.73. The summed E-state index contributed by atoms with van der Waals surface area (Å²) < 4.78 is 1.79. The van der Waals surface area contributed by atoms with Gasteiger partial charge in [0.25, 0.3) is 0 Å². The Morgan fingerprint density at radius 2 is 2.21 bits per heavy atom. The van der Waals surface area contributed by atoms with Gasteiger partial charge in [0.05, 0.1) is 6.20 Å². The predicted molar refractivity (Wildman–Crippen MR) is 73.0 cm³/mol. The quantitative estimate of drug-likeness (QED) is 0.900. The van der Waals surface area contributed by atoms with Crippen LogP contribution in [0.1, 0.15) is 37.7 Å². The molecule has 0 spiro atoms. The molecule has 1 N–H and O–H groups in total. The Kier molecular flexibility index (Phi) is 4.96. The Morgan fingerprint density at radius 3 is 2.89 bits per heavy atom. The smallest absolute Gasteiger partial charge is 0.320 e. The highest BCUT2D eigenvalue weighted by atomic mass is 16.4. The summed E-state index contributed by atoms with van der Waals surface area (Å²) in [5.74, 6) is -0.673. The lowest BCUT2D eigenvalue weighted by Gasteiger charge is -2.30. The molecule has 0 aliphatic carbocycles. The van der Waals surface area contributed by atoms with Gasteiger partial charge in [-0.1, -0.05) is 19.3 Å². The van der Waals surface area contributed by atoms with E-state index in [1.54, 1.807) is 4.68 Å². The molecule has 1 unspecified atom stereocenters. The van der Waals surface area contributed by atoms with Crippen LogP contribution in [0.2, 0.25) is 0 Å². The van der Waals surface area contributed by atoms with Crippen molar-refractivity contribution >= 4 is 5.97 Å². The van der Waals surface area contributed by atoms with Crippen LogP contribution in [-0.2, 0) is 18.3 Å². The summed E-state index contributed by atoms with van der Waals surface area (Å²) in [6.07, 6.45) is 10.0. The molecule has 2 rings (SSSR count). The molecule has 1 aromatic rings. The third-order valence-electron chi connectivity index (χ3n) is 3.84. The minimum atomic E-state index is -0.673. The molecular weight excluding hydrogens is 242 g/mol. The lowest BCUT2D eigenvalue weighted by molar-refractivity contribution is -0.143.